The van der Waals surface area contributed by atoms with Crippen LogP contribution in [0.1, 0.15) is 66.7 Å². The molecule has 2 aliphatic heterocycles. The molecule has 0 aliphatic carbocycles. The molecule has 3 atom stereocenters. The van der Waals surface area contributed by atoms with Crippen LogP contribution in [-0.4, -0.2) is 36.1 Å². The van der Waals surface area contributed by atoms with Gasteiger partial charge in [-0.3, -0.25) is 4.79 Å². The van der Waals surface area contributed by atoms with Gasteiger partial charge in [0.2, 0.25) is 5.91 Å². The van der Waals surface area contributed by atoms with E-state index in [-0.39, 0.29) is 5.92 Å². The topological polar surface area (TPSA) is 29.5 Å². The zero-order valence-electron chi connectivity index (χ0n) is 15.2. The Kier molecular flexibility index (Phi) is 6.31. The van der Waals surface area contributed by atoms with E-state index < -0.39 is 0 Å². The van der Waals surface area contributed by atoms with E-state index >= 15 is 0 Å². The SMILES string of the molecule is CCC1CC[C@@H](C(C)C)N1C(=O)C(C(C)C)C1CCOCC1. The predicted octanol–water partition coefficient (Wildman–Crippen LogP) is 4.11. The number of ether oxygens (including phenoxy) is 1. The van der Waals surface area contributed by atoms with Crippen molar-refractivity contribution in [3.05, 3.63) is 0 Å². The minimum absolute atomic E-state index is 0.178. The van der Waals surface area contributed by atoms with Crippen molar-refractivity contribution in [2.24, 2.45) is 23.7 Å². The Balaban J connectivity index is 2.19. The van der Waals surface area contributed by atoms with Gasteiger partial charge in [-0.1, -0.05) is 34.6 Å². The standard InChI is InChI=1S/C19H35NO2/c1-6-16-7-8-17(13(2)3)20(16)19(21)18(14(4)5)15-9-11-22-12-10-15/h13-18H,6-12H2,1-5H3/t16?,17-,18?/m0/s1. The lowest BCUT2D eigenvalue weighted by molar-refractivity contribution is -0.144. The van der Waals surface area contributed by atoms with Crippen molar-refractivity contribution in [3.63, 3.8) is 0 Å². The molecule has 2 rings (SSSR count). The van der Waals surface area contributed by atoms with Crippen LogP contribution in [0.15, 0.2) is 0 Å². The van der Waals surface area contributed by atoms with Crippen LogP contribution in [0.2, 0.25) is 0 Å². The minimum Gasteiger partial charge on any atom is -0.381 e. The summed E-state index contributed by atoms with van der Waals surface area (Å²) >= 11 is 0. The maximum Gasteiger partial charge on any atom is 0.226 e. The van der Waals surface area contributed by atoms with E-state index in [4.69, 9.17) is 4.74 Å². The van der Waals surface area contributed by atoms with Gasteiger partial charge in [0.1, 0.15) is 0 Å². The van der Waals surface area contributed by atoms with Gasteiger partial charge in [0, 0.05) is 31.2 Å². The highest BCUT2D eigenvalue weighted by molar-refractivity contribution is 5.80. The predicted molar refractivity (Wildman–Crippen MR) is 90.7 cm³/mol. The second-order valence-corrected chi connectivity index (χ2v) is 7.92. The Morgan fingerprint density at radius 1 is 1.09 bits per heavy atom. The Morgan fingerprint density at radius 3 is 2.23 bits per heavy atom. The van der Waals surface area contributed by atoms with Crippen LogP contribution in [0.4, 0.5) is 0 Å². The molecule has 0 aromatic rings. The number of nitrogens with zero attached hydrogens (tertiary/aromatic N) is 1. The van der Waals surface area contributed by atoms with Crippen LogP contribution in [-0.2, 0) is 9.53 Å². The molecule has 2 heterocycles. The smallest absolute Gasteiger partial charge is 0.226 e. The third kappa shape index (κ3) is 3.67. The van der Waals surface area contributed by atoms with Crippen LogP contribution in [0.3, 0.4) is 0 Å². The fourth-order valence-corrected chi connectivity index (χ4v) is 4.59. The van der Waals surface area contributed by atoms with E-state index in [9.17, 15) is 4.79 Å². The molecule has 2 aliphatic rings. The van der Waals surface area contributed by atoms with Gasteiger partial charge in [0.05, 0.1) is 0 Å². The summed E-state index contributed by atoms with van der Waals surface area (Å²) in [6.45, 7) is 12.9. The van der Waals surface area contributed by atoms with Gasteiger partial charge in [-0.25, -0.2) is 0 Å². The summed E-state index contributed by atoms with van der Waals surface area (Å²) < 4.78 is 5.51. The molecule has 0 aromatic heterocycles. The largest absolute Gasteiger partial charge is 0.381 e. The molecule has 0 spiro atoms. The Morgan fingerprint density at radius 2 is 1.73 bits per heavy atom. The lowest BCUT2D eigenvalue weighted by Crippen LogP contribution is -2.49. The number of carbonyl (C=O) groups is 1. The van der Waals surface area contributed by atoms with E-state index in [2.05, 4.69) is 39.5 Å². The third-order valence-corrected chi connectivity index (χ3v) is 5.82. The van der Waals surface area contributed by atoms with Crippen LogP contribution < -0.4 is 0 Å². The van der Waals surface area contributed by atoms with Crippen molar-refractivity contribution in [2.45, 2.75) is 78.8 Å². The first-order chi connectivity index (χ1) is 10.5. The van der Waals surface area contributed by atoms with E-state index in [0.717, 1.165) is 32.5 Å². The third-order valence-electron chi connectivity index (χ3n) is 5.82. The summed E-state index contributed by atoms with van der Waals surface area (Å²) in [5, 5.41) is 0. The zero-order valence-corrected chi connectivity index (χ0v) is 15.2. The number of likely N-dealkylation sites (tertiary alicyclic amines) is 1. The summed E-state index contributed by atoms with van der Waals surface area (Å²) in [6.07, 6.45) is 5.55. The van der Waals surface area contributed by atoms with Gasteiger partial charge in [-0.05, 0) is 49.9 Å². The Labute approximate surface area is 136 Å². The number of hydrogen-bond donors (Lipinski definition) is 0. The molecule has 2 fully saturated rings. The van der Waals surface area contributed by atoms with Gasteiger partial charge in [-0.2, -0.15) is 0 Å². The van der Waals surface area contributed by atoms with Crippen LogP contribution in [0, 0.1) is 23.7 Å². The van der Waals surface area contributed by atoms with E-state index in [1.807, 2.05) is 0 Å². The quantitative estimate of drug-likeness (QED) is 0.765. The van der Waals surface area contributed by atoms with E-state index in [1.165, 1.54) is 12.8 Å². The average molecular weight is 309 g/mol. The van der Waals surface area contributed by atoms with Crippen molar-refractivity contribution in [2.75, 3.05) is 13.2 Å². The molecule has 3 nitrogen and oxygen atoms in total. The van der Waals surface area contributed by atoms with Gasteiger partial charge in [0.25, 0.3) is 0 Å². The molecule has 2 saturated heterocycles. The Bertz CT molecular complexity index is 360. The molecule has 3 heteroatoms. The first-order valence-corrected chi connectivity index (χ1v) is 9.37. The van der Waals surface area contributed by atoms with Crippen LogP contribution >= 0.6 is 0 Å². The second kappa shape index (κ2) is 7.81. The van der Waals surface area contributed by atoms with Gasteiger partial charge < -0.3 is 9.64 Å². The summed E-state index contributed by atoms with van der Waals surface area (Å²) in [6, 6.07) is 0.902. The second-order valence-electron chi connectivity index (χ2n) is 7.92. The van der Waals surface area contributed by atoms with Gasteiger partial charge >= 0.3 is 0 Å². The molecule has 0 radical (unpaired) electrons. The first-order valence-electron chi connectivity index (χ1n) is 9.37. The highest BCUT2D eigenvalue weighted by Crippen LogP contribution is 2.37. The van der Waals surface area contributed by atoms with E-state index in [0.29, 0.717) is 35.7 Å². The highest BCUT2D eigenvalue weighted by Gasteiger charge is 2.43. The zero-order chi connectivity index (χ0) is 16.3. The van der Waals surface area contributed by atoms with Crippen molar-refractivity contribution >= 4 is 5.91 Å². The van der Waals surface area contributed by atoms with Crippen molar-refractivity contribution in [1.29, 1.82) is 0 Å². The number of carbonyl (C=O) groups excluding carboxylic acids is 1. The molecule has 0 bridgehead atoms. The Hall–Kier alpha value is -0.570. The summed E-state index contributed by atoms with van der Waals surface area (Å²) in [5.41, 5.74) is 0. The molecular weight excluding hydrogens is 274 g/mol. The number of hydrogen-bond acceptors (Lipinski definition) is 2. The van der Waals surface area contributed by atoms with Crippen LogP contribution in [0.25, 0.3) is 0 Å². The average Bonchev–Trinajstić information content (AvgIpc) is 2.92. The normalized spacial score (nSPS) is 28.6. The van der Waals surface area contributed by atoms with Crippen molar-refractivity contribution in [3.8, 4) is 0 Å². The molecule has 128 valence electrons. The molecule has 0 saturated carbocycles. The fourth-order valence-electron chi connectivity index (χ4n) is 4.59. The monoisotopic (exact) mass is 309 g/mol. The maximum absolute atomic E-state index is 13.5. The van der Waals surface area contributed by atoms with Crippen molar-refractivity contribution < 1.29 is 9.53 Å². The summed E-state index contributed by atoms with van der Waals surface area (Å²) in [5.74, 6) is 2.10. The van der Waals surface area contributed by atoms with Gasteiger partial charge in [-0.15, -0.1) is 0 Å². The maximum atomic E-state index is 13.5. The first kappa shape index (κ1) is 17.8. The number of amides is 1. The molecule has 0 aromatic carbocycles. The summed E-state index contributed by atoms with van der Waals surface area (Å²) in [7, 11) is 0. The fraction of sp³-hybridized carbons (Fsp3) is 0.947. The highest BCUT2D eigenvalue weighted by atomic mass is 16.5. The van der Waals surface area contributed by atoms with Crippen molar-refractivity contribution in [1.82, 2.24) is 4.90 Å². The van der Waals surface area contributed by atoms with Crippen LogP contribution in [0.5, 0.6) is 0 Å². The van der Waals surface area contributed by atoms with Gasteiger partial charge in [0.15, 0.2) is 0 Å². The molecular formula is C19H35NO2. The molecule has 0 N–H and O–H groups in total. The minimum atomic E-state index is 0.178. The number of rotatable bonds is 5. The molecule has 22 heavy (non-hydrogen) atoms. The molecule has 2 unspecified atom stereocenters. The van der Waals surface area contributed by atoms with E-state index in [1.54, 1.807) is 0 Å². The molecule has 1 amide bonds. The lowest BCUT2D eigenvalue weighted by Gasteiger charge is -2.40. The summed E-state index contributed by atoms with van der Waals surface area (Å²) in [4.78, 5) is 15.8. The lowest BCUT2D eigenvalue weighted by atomic mass is 9.77.